The lowest BCUT2D eigenvalue weighted by molar-refractivity contribution is 0.181. The minimum absolute atomic E-state index is 0.682. The molecule has 0 bridgehead atoms. The van der Waals surface area contributed by atoms with E-state index in [1.54, 1.807) is 0 Å². The van der Waals surface area contributed by atoms with E-state index in [1.165, 1.54) is 25.8 Å². The lowest BCUT2D eigenvalue weighted by Gasteiger charge is -2.32. The van der Waals surface area contributed by atoms with Gasteiger partial charge in [0.25, 0.3) is 0 Å². The first-order valence-corrected chi connectivity index (χ1v) is 6.09. The second-order valence-corrected chi connectivity index (χ2v) is 4.69. The number of rotatable bonds is 4. The second-order valence-electron chi connectivity index (χ2n) is 4.69. The molecule has 1 aliphatic heterocycles. The van der Waals surface area contributed by atoms with E-state index in [-0.39, 0.29) is 0 Å². The Morgan fingerprint density at radius 2 is 2.44 bits per heavy atom. The topological polar surface area (TPSA) is 41.3 Å². The van der Waals surface area contributed by atoms with Crippen LogP contribution in [-0.2, 0) is 6.54 Å². The van der Waals surface area contributed by atoms with E-state index in [0.717, 1.165) is 24.5 Å². The van der Waals surface area contributed by atoms with Crippen LogP contribution < -0.4 is 5.32 Å². The molecular formula is C12H21N3O. The molecular weight excluding hydrogens is 202 g/mol. The molecule has 0 spiro atoms. The normalized spacial score (nSPS) is 22.5. The standard InChI is InChI=1S/C12H21N3O/c1-10-7-11(14-16-10)8-13-9-12-5-3-4-6-15(12)2/h7,12-13H,3-6,8-9H2,1-2H3. The van der Waals surface area contributed by atoms with E-state index >= 15 is 0 Å². The molecule has 0 amide bonds. The molecule has 1 N–H and O–H groups in total. The van der Waals surface area contributed by atoms with Gasteiger partial charge in [-0.25, -0.2) is 0 Å². The Balaban J connectivity index is 1.71. The van der Waals surface area contributed by atoms with Crippen molar-refractivity contribution in [3.63, 3.8) is 0 Å². The molecule has 1 aromatic rings. The molecule has 0 saturated carbocycles. The fraction of sp³-hybridized carbons (Fsp3) is 0.750. The van der Waals surface area contributed by atoms with Crippen molar-refractivity contribution in [3.05, 3.63) is 17.5 Å². The molecule has 1 aliphatic rings. The molecule has 1 unspecified atom stereocenters. The van der Waals surface area contributed by atoms with Crippen LogP contribution in [0.1, 0.15) is 30.7 Å². The Morgan fingerprint density at radius 3 is 3.12 bits per heavy atom. The maximum absolute atomic E-state index is 5.03. The van der Waals surface area contributed by atoms with Gasteiger partial charge in [0.05, 0.1) is 5.69 Å². The van der Waals surface area contributed by atoms with Gasteiger partial charge in [-0.05, 0) is 33.4 Å². The van der Waals surface area contributed by atoms with Gasteiger partial charge in [0.2, 0.25) is 0 Å². The highest BCUT2D eigenvalue weighted by atomic mass is 16.5. The summed E-state index contributed by atoms with van der Waals surface area (Å²) in [4.78, 5) is 2.45. The minimum atomic E-state index is 0.682. The van der Waals surface area contributed by atoms with Crippen LogP contribution in [0.25, 0.3) is 0 Å². The van der Waals surface area contributed by atoms with Crippen molar-refractivity contribution in [2.75, 3.05) is 20.1 Å². The largest absolute Gasteiger partial charge is 0.361 e. The van der Waals surface area contributed by atoms with Crippen LogP contribution in [0.3, 0.4) is 0 Å². The molecule has 2 rings (SSSR count). The van der Waals surface area contributed by atoms with Gasteiger partial charge in [-0.3, -0.25) is 0 Å². The summed E-state index contributed by atoms with van der Waals surface area (Å²) in [5.74, 6) is 0.881. The van der Waals surface area contributed by atoms with E-state index in [4.69, 9.17) is 4.52 Å². The zero-order chi connectivity index (χ0) is 11.4. The van der Waals surface area contributed by atoms with Crippen LogP contribution in [0, 0.1) is 6.92 Å². The van der Waals surface area contributed by atoms with Crippen LogP contribution in [0.2, 0.25) is 0 Å². The van der Waals surface area contributed by atoms with E-state index in [9.17, 15) is 0 Å². The smallest absolute Gasteiger partial charge is 0.133 e. The quantitative estimate of drug-likeness (QED) is 0.841. The molecule has 4 nitrogen and oxygen atoms in total. The molecule has 1 aromatic heterocycles. The van der Waals surface area contributed by atoms with Gasteiger partial charge in [0.1, 0.15) is 5.76 Å². The van der Waals surface area contributed by atoms with Gasteiger partial charge in [-0.2, -0.15) is 0 Å². The predicted octanol–water partition coefficient (Wildman–Crippen LogP) is 1.56. The number of aryl methyl sites for hydroxylation is 1. The van der Waals surface area contributed by atoms with Gasteiger partial charge in [-0.15, -0.1) is 0 Å². The van der Waals surface area contributed by atoms with Crippen molar-refractivity contribution in [3.8, 4) is 0 Å². The average molecular weight is 223 g/mol. The van der Waals surface area contributed by atoms with Gasteiger partial charge in [0.15, 0.2) is 0 Å². The zero-order valence-electron chi connectivity index (χ0n) is 10.2. The fourth-order valence-corrected chi connectivity index (χ4v) is 2.27. The maximum Gasteiger partial charge on any atom is 0.133 e. The molecule has 1 fully saturated rings. The van der Waals surface area contributed by atoms with Crippen molar-refractivity contribution in [2.45, 2.75) is 38.8 Å². The highest BCUT2D eigenvalue weighted by Gasteiger charge is 2.18. The molecule has 1 saturated heterocycles. The van der Waals surface area contributed by atoms with Crippen LogP contribution >= 0.6 is 0 Å². The van der Waals surface area contributed by atoms with Crippen molar-refractivity contribution < 1.29 is 4.52 Å². The number of aromatic nitrogens is 1. The van der Waals surface area contributed by atoms with Gasteiger partial charge < -0.3 is 14.7 Å². The summed E-state index contributed by atoms with van der Waals surface area (Å²) in [6.07, 6.45) is 4.01. The number of likely N-dealkylation sites (tertiary alicyclic amines) is 1. The third-order valence-electron chi connectivity index (χ3n) is 3.28. The fourth-order valence-electron chi connectivity index (χ4n) is 2.27. The average Bonchev–Trinajstić information content (AvgIpc) is 2.67. The van der Waals surface area contributed by atoms with Crippen LogP contribution in [0.4, 0.5) is 0 Å². The summed E-state index contributed by atoms with van der Waals surface area (Å²) in [5.41, 5.74) is 0.996. The zero-order valence-corrected chi connectivity index (χ0v) is 10.2. The number of hydrogen-bond donors (Lipinski definition) is 1. The molecule has 4 heteroatoms. The number of piperidine rings is 1. The van der Waals surface area contributed by atoms with Crippen molar-refractivity contribution in [1.29, 1.82) is 0 Å². The summed E-state index contributed by atoms with van der Waals surface area (Å²) in [5, 5.41) is 7.42. The number of nitrogens with one attached hydrogen (secondary N) is 1. The van der Waals surface area contributed by atoms with Crippen molar-refractivity contribution >= 4 is 0 Å². The van der Waals surface area contributed by atoms with E-state index in [0.29, 0.717) is 6.04 Å². The Bertz CT molecular complexity index is 324. The Hall–Kier alpha value is -0.870. The molecule has 1 atom stereocenters. The first kappa shape index (κ1) is 11.6. The van der Waals surface area contributed by atoms with Crippen LogP contribution in [0.5, 0.6) is 0 Å². The third kappa shape index (κ3) is 3.06. The second kappa shape index (κ2) is 5.46. The molecule has 0 aliphatic carbocycles. The molecule has 0 radical (unpaired) electrons. The number of likely N-dealkylation sites (N-methyl/N-ethyl adjacent to an activating group) is 1. The highest BCUT2D eigenvalue weighted by Crippen LogP contribution is 2.14. The molecule has 90 valence electrons. The van der Waals surface area contributed by atoms with Gasteiger partial charge >= 0.3 is 0 Å². The lowest BCUT2D eigenvalue weighted by atomic mass is 10.0. The van der Waals surface area contributed by atoms with Crippen LogP contribution in [-0.4, -0.2) is 36.2 Å². The van der Waals surface area contributed by atoms with Crippen molar-refractivity contribution in [1.82, 2.24) is 15.4 Å². The number of nitrogens with zero attached hydrogens (tertiary/aromatic N) is 2. The summed E-state index contributed by atoms with van der Waals surface area (Å²) in [6, 6.07) is 2.67. The van der Waals surface area contributed by atoms with E-state index in [1.807, 2.05) is 13.0 Å². The summed E-state index contributed by atoms with van der Waals surface area (Å²) in [6.45, 7) is 5.00. The predicted molar refractivity (Wildman–Crippen MR) is 63.2 cm³/mol. The van der Waals surface area contributed by atoms with Crippen LogP contribution in [0.15, 0.2) is 10.6 Å². The molecule has 0 aromatic carbocycles. The van der Waals surface area contributed by atoms with Gasteiger partial charge in [0, 0.05) is 25.2 Å². The minimum Gasteiger partial charge on any atom is -0.361 e. The Kier molecular flexibility index (Phi) is 3.96. The summed E-state index contributed by atoms with van der Waals surface area (Å²) >= 11 is 0. The molecule has 2 heterocycles. The Morgan fingerprint density at radius 1 is 1.56 bits per heavy atom. The summed E-state index contributed by atoms with van der Waals surface area (Å²) < 4.78 is 5.03. The van der Waals surface area contributed by atoms with Gasteiger partial charge in [-0.1, -0.05) is 11.6 Å². The van der Waals surface area contributed by atoms with Crippen molar-refractivity contribution in [2.24, 2.45) is 0 Å². The number of hydrogen-bond acceptors (Lipinski definition) is 4. The first-order chi connectivity index (χ1) is 7.75. The van der Waals surface area contributed by atoms with E-state index < -0.39 is 0 Å². The SMILES string of the molecule is Cc1cc(CNCC2CCCCN2C)no1. The lowest BCUT2D eigenvalue weighted by Crippen LogP contribution is -2.42. The molecule has 16 heavy (non-hydrogen) atoms. The third-order valence-corrected chi connectivity index (χ3v) is 3.28. The highest BCUT2D eigenvalue weighted by molar-refractivity contribution is 5.02. The maximum atomic E-state index is 5.03. The summed E-state index contributed by atoms with van der Waals surface area (Å²) in [7, 11) is 2.21. The monoisotopic (exact) mass is 223 g/mol. The Labute approximate surface area is 97.0 Å². The van der Waals surface area contributed by atoms with E-state index in [2.05, 4.69) is 22.4 Å². The first-order valence-electron chi connectivity index (χ1n) is 6.09.